The molecule has 4 aromatic carbocycles. The van der Waals surface area contributed by atoms with Gasteiger partial charge < -0.3 is 9.84 Å². The molecule has 0 aliphatic heterocycles. The molecule has 0 bridgehead atoms. The van der Waals surface area contributed by atoms with Crippen LogP contribution >= 0.6 is 23.2 Å². The number of fused-ring (bicyclic) bond motifs is 1. The van der Waals surface area contributed by atoms with Crippen molar-refractivity contribution in [3.63, 3.8) is 0 Å². The molecule has 0 saturated heterocycles. The Labute approximate surface area is 235 Å². The molecular weight excluding hydrogens is 568 g/mol. The Balaban J connectivity index is 1.70. The predicted molar refractivity (Wildman–Crippen MR) is 144 cm³/mol. The Morgan fingerprint density at radius 2 is 1.68 bits per heavy atom. The van der Waals surface area contributed by atoms with Crippen molar-refractivity contribution in [2.75, 3.05) is 0 Å². The highest BCUT2D eigenvalue weighted by molar-refractivity contribution is 6.34. The van der Waals surface area contributed by atoms with Crippen LogP contribution in [0.2, 0.25) is 10.0 Å². The summed E-state index contributed by atoms with van der Waals surface area (Å²) in [7, 11) is 0. The first-order chi connectivity index (χ1) is 19.0. The fourth-order valence-electron chi connectivity index (χ4n) is 4.23. The van der Waals surface area contributed by atoms with Gasteiger partial charge in [-0.1, -0.05) is 59.6 Å². The van der Waals surface area contributed by atoms with Gasteiger partial charge in [0.25, 0.3) is 5.91 Å². The summed E-state index contributed by atoms with van der Waals surface area (Å²) < 4.78 is 48.2. The highest BCUT2D eigenvalue weighted by Crippen LogP contribution is 2.39. The van der Waals surface area contributed by atoms with E-state index in [1.807, 2.05) is 30.3 Å². The molecule has 0 aliphatic carbocycles. The van der Waals surface area contributed by atoms with Crippen LogP contribution in [-0.2, 0) is 12.8 Å². The van der Waals surface area contributed by atoms with Crippen molar-refractivity contribution in [2.24, 2.45) is 0 Å². The van der Waals surface area contributed by atoms with Gasteiger partial charge in [-0.3, -0.25) is 4.79 Å². The lowest BCUT2D eigenvalue weighted by Crippen LogP contribution is -2.20. The number of hydrogen-bond donors (Lipinski definition) is 1. The molecule has 5 aromatic rings. The SMILES string of the molecule is O=C(O)c1ccc(-c2nn(C(=O)c3c(Cl)cccc3C(F)(F)F)c3ccc(Cl)cc23)c(OCc2ccccc2)c1. The molecule has 202 valence electrons. The minimum atomic E-state index is -4.85. The van der Waals surface area contributed by atoms with Crippen molar-refractivity contribution in [3.05, 3.63) is 117 Å². The second-order valence-corrected chi connectivity index (χ2v) is 9.52. The number of hydrogen-bond acceptors (Lipinski definition) is 4. The van der Waals surface area contributed by atoms with Crippen LogP contribution in [0.25, 0.3) is 22.2 Å². The van der Waals surface area contributed by atoms with Crippen LogP contribution in [0.15, 0.2) is 84.9 Å². The Hall–Kier alpha value is -4.34. The van der Waals surface area contributed by atoms with E-state index in [9.17, 15) is 27.9 Å². The third-order valence-corrected chi connectivity index (χ3v) is 6.64. The molecule has 0 saturated carbocycles. The summed E-state index contributed by atoms with van der Waals surface area (Å²) in [6.07, 6.45) is -4.85. The molecule has 40 heavy (non-hydrogen) atoms. The van der Waals surface area contributed by atoms with Gasteiger partial charge in [-0.15, -0.1) is 0 Å². The molecular formula is C29H17Cl2F3N2O4. The lowest BCUT2D eigenvalue weighted by Gasteiger charge is -2.13. The zero-order chi connectivity index (χ0) is 28.6. The van der Waals surface area contributed by atoms with Crippen LogP contribution in [-0.4, -0.2) is 26.8 Å². The van der Waals surface area contributed by atoms with E-state index in [2.05, 4.69) is 5.10 Å². The Morgan fingerprint density at radius 3 is 2.38 bits per heavy atom. The van der Waals surface area contributed by atoms with Crippen molar-refractivity contribution >= 4 is 46.0 Å². The number of rotatable bonds is 6. The lowest BCUT2D eigenvalue weighted by atomic mass is 10.0. The summed E-state index contributed by atoms with van der Waals surface area (Å²) >= 11 is 12.3. The second-order valence-electron chi connectivity index (χ2n) is 8.68. The average molecular weight is 585 g/mol. The zero-order valence-electron chi connectivity index (χ0n) is 20.2. The Kier molecular flexibility index (Phi) is 7.27. The molecule has 6 nitrogen and oxygen atoms in total. The lowest BCUT2D eigenvalue weighted by molar-refractivity contribution is -0.137. The van der Waals surface area contributed by atoms with Gasteiger partial charge in [-0.05, 0) is 54.1 Å². The van der Waals surface area contributed by atoms with E-state index in [-0.39, 0.29) is 34.2 Å². The third kappa shape index (κ3) is 5.25. The number of alkyl halides is 3. The largest absolute Gasteiger partial charge is 0.488 e. The summed E-state index contributed by atoms with van der Waals surface area (Å²) in [5.41, 5.74) is -0.613. The number of aromatic nitrogens is 2. The summed E-state index contributed by atoms with van der Waals surface area (Å²) in [6.45, 7) is 0.0871. The fourth-order valence-corrected chi connectivity index (χ4v) is 4.66. The number of nitrogens with zero attached hydrogens (tertiary/aromatic N) is 2. The van der Waals surface area contributed by atoms with E-state index in [0.29, 0.717) is 10.9 Å². The average Bonchev–Trinajstić information content (AvgIpc) is 3.29. The minimum absolute atomic E-state index is 0.0597. The number of halogens is 5. The van der Waals surface area contributed by atoms with E-state index < -0.39 is 34.2 Å². The molecule has 1 N–H and O–H groups in total. The summed E-state index contributed by atoms with van der Waals surface area (Å²) in [5.74, 6) is -2.16. The summed E-state index contributed by atoms with van der Waals surface area (Å²) in [6, 6.07) is 20.7. The topological polar surface area (TPSA) is 81.4 Å². The van der Waals surface area contributed by atoms with Crippen LogP contribution in [0.5, 0.6) is 5.75 Å². The van der Waals surface area contributed by atoms with Gasteiger partial charge in [0.1, 0.15) is 18.1 Å². The van der Waals surface area contributed by atoms with Gasteiger partial charge >= 0.3 is 12.1 Å². The number of carbonyl (C=O) groups is 2. The molecule has 0 aliphatic rings. The van der Waals surface area contributed by atoms with Crippen LogP contribution in [0, 0.1) is 0 Å². The van der Waals surface area contributed by atoms with Gasteiger partial charge in [0.05, 0.1) is 27.2 Å². The highest BCUT2D eigenvalue weighted by Gasteiger charge is 2.37. The van der Waals surface area contributed by atoms with Crippen LogP contribution < -0.4 is 4.74 Å². The Bertz CT molecular complexity index is 1770. The second kappa shape index (κ2) is 10.7. The van der Waals surface area contributed by atoms with Gasteiger partial charge in [0.15, 0.2) is 0 Å². The Morgan fingerprint density at radius 1 is 0.925 bits per heavy atom. The zero-order valence-corrected chi connectivity index (χ0v) is 21.8. The van der Waals surface area contributed by atoms with Crippen molar-refractivity contribution in [2.45, 2.75) is 12.8 Å². The number of ether oxygens (including phenoxy) is 1. The molecule has 0 amide bonds. The van der Waals surface area contributed by atoms with Gasteiger partial charge in [-0.25, -0.2) is 4.79 Å². The monoisotopic (exact) mass is 584 g/mol. The van der Waals surface area contributed by atoms with Crippen molar-refractivity contribution in [1.29, 1.82) is 0 Å². The number of carboxylic acids is 1. The van der Waals surface area contributed by atoms with Crippen molar-refractivity contribution < 1.29 is 32.6 Å². The maximum Gasteiger partial charge on any atom is 0.417 e. The van der Waals surface area contributed by atoms with E-state index >= 15 is 0 Å². The van der Waals surface area contributed by atoms with Crippen LogP contribution in [0.1, 0.15) is 31.8 Å². The van der Waals surface area contributed by atoms with E-state index in [1.54, 1.807) is 0 Å². The fraction of sp³-hybridized carbons (Fsp3) is 0.0690. The molecule has 11 heteroatoms. The van der Waals surface area contributed by atoms with E-state index in [0.717, 1.165) is 22.4 Å². The quantitative estimate of drug-likeness (QED) is 0.219. The molecule has 1 aromatic heterocycles. The maximum atomic E-state index is 13.8. The molecule has 0 unspecified atom stereocenters. The maximum absolute atomic E-state index is 13.8. The smallest absolute Gasteiger partial charge is 0.417 e. The van der Waals surface area contributed by atoms with Gasteiger partial charge in [0.2, 0.25) is 0 Å². The van der Waals surface area contributed by atoms with Crippen molar-refractivity contribution in [1.82, 2.24) is 9.78 Å². The van der Waals surface area contributed by atoms with Crippen molar-refractivity contribution in [3.8, 4) is 17.0 Å². The first kappa shape index (κ1) is 27.2. The normalized spacial score (nSPS) is 11.5. The van der Waals surface area contributed by atoms with Crippen LogP contribution in [0.3, 0.4) is 0 Å². The molecule has 0 spiro atoms. The standard InChI is InChI=1S/C29H17Cl2F3N2O4/c30-18-10-12-23-20(14-18)26(35-36(23)27(37)25-21(29(32,33)34)7-4-8-22(25)31)19-11-9-17(28(38)39)13-24(19)40-15-16-5-2-1-3-6-16/h1-14H,15H2,(H,38,39). The number of carbonyl (C=O) groups excluding carboxylic acids is 1. The van der Waals surface area contributed by atoms with Crippen LogP contribution in [0.4, 0.5) is 13.2 Å². The number of benzene rings is 4. The molecule has 0 radical (unpaired) electrons. The number of carboxylic acid groups (broad SMARTS) is 1. The van der Waals surface area contributed by atoms with Gasteiger partial charge in [0, 0.05) is 16.0 Å². The molecule has 5 rings (SSSR count). The first-order valence-corrected chi connectivity index (χ1v) is 12.4. The summed E-state index contributed by atoms with van der Waals surface area (Å²) in [4.78, 5) is 25.3. The van der Waals surface area contributed by atoms with E-state index in [1.165, 1.54) is 42.5 Å². The third-order valence-electron chi connectivity index (χ3n) is 6.09. The molecule has 0 fully saturated rings. The predicted octanol–water partition coefficient (Wildman–Crippen LogP) is 7.99. The molecule has 1 heterocycles. The highest BCUT2D eigenvalue weighted by atomic mass is 35.5. The number of aromatic carboxylic acids is 1. The minimum Gasteiger partial charge on any atom is -0.488 e. The first-order valence-electron chi connectivity index (χ1n) is 11.7. The van der Waals surface area contributed by atoms with Gasteiger partial charge in [-0.2, -0.15) is 23.0 Å². The molecule has 0 atom stereocenters. The van der Waals surface area contributed by atoms with E-state index in [4.69, 9.17) is 27.9 Å². The summed E-state index contributed by atoms with van der Waals surface area (Å²) in [5, 5.41) is 14.1.